The molecule has 1 amide bonds. The molecule has 0 radical (unpaired) electrons. The Morgan fingerprint density at radius 1 is 1.06 bits per heavy atom. The molecular formula is C25H20N2O5. The third kappa shape index (κ3) is 4.82. The number of nitriles is 1. The van der Waals surface area contributed by atoms with E-state index < -0.39 is 5.91 Å². The molecule has 0 saturated heterocycles. The zero-order valence-electron chi connectivity index (χ0n) is 17.3. The average molecular weight is 428 g/mol. The lowest BCUT2D eigenvalue weighted by atomic mass is 10.1. The van der Waals surface area contributed by atoms with Crippen molar-refractivity contribution in [1.29, 1.82) is 5.26 Å². The molecule has 4 rings (SSSR count). The van der Waals surface area contributed by atoms with Crippen LogP contribution in [0, 0.1) is 11.3 Å². The van der Waals surface area contributed by atoms with Crippen molar-refractivity contribution in [2.45, 2.75) is 6.61 Å². The van der Waals surface area contributed by atoms with Crippen LogP contribution in [0.25, 0.3) is 6.08 Å². The summed E-state index contributed by atoms with van der Waals surface area (Å²) in [6.45, 7) is 0.529. The molecule has 0 atom stereocenters. The maximum absolute atomic E-state index is 12.4. The highest BCUT2D eigenvalue weighted by atomic mass is 16.7. The van der Waals surface area contributed by atoms with Crippen molar-refractivity contribution >= 4 is 17.7 Å². The number of anilines is 1. The van der Waals surface area contributed by atoms with E-state index in [4.69, 9.17) is 18.9 Å². The van der Waals surface area contributed by atoms with Crippen LogP contribution in [0.3, 0.4) is 0 Å². The quantitative estimate of drug-likeness (QED) is 0.439. The largest absolute Gasteiger partial charge is 0.493 e. The molecule has 3 aromatic rings. The van der Waals surface area contributed by atoms with Gasteiger partial charge in [0.25, 0.3) is 5.91 Å². The summed E-state index contributed by atoms with van der Waals surface area (Å²) in [5, 5.41) is 12.1. The lowest BCUT2D eigenvalue weighted by molar-refractivity contribution is -0.112. The minimum absolute atomic E-state index is 0.0232. The van der Waals surface area contributed by atoms with E-state index in [1.165, 1.54) is 13.2 Å². The van der Waals surface area contributed by atoms with Gasteiger partial charge >= 0.3 is 0 Å². The highest BCUT2D eigenvalue weighted by Crippen LogP contribution is 2.34. The Bertz CT molecular complexity index is 1200. The zero-order chi connectivity index (χ0) is 22.3. The molecule has 0 aromatic heterocycles. The van der Waals surface area contributed by atoms with Crippen molar-refractivity contribution in [1.82, 2.24) is 0 Å². The second kappa shape index (κ2) is 9.58. The van der Waals surface area contributed by atoms with Crippen molar-refractivity contribution in [2.75, 3.05) is 19.2 Å². The smallest absolute Gasteiger partial charge is 0.266 e. The molecule has 0 spiro atoms. The van der Waals surface area contributed by atoms with Crippen molar-refractivity contribution in [3.8, 4) is 29.1 Å². The molecule has 0 aliphatic carbocycles. The number of nitrogens with one attached hydrogen (secondary N) is 1. The van der Waals surface area contributed by atoms with E-state index in [-0.39, 0.29) is 12.4 Å². The van der Waals surface area contributed by atoms with Gasteiger partial charge in [-0.05, 0) is 53.6 Å². The maximum Gasteiger partial charge on any atom is 0.266 e. The van der Waals surface area contributed by atoms with Crippen molar-refractivity contribution in [2.24, 2.45) is 0 Å². The monoisotopic (exact) mass is 428 g/mol. The molecule has 0 fully saturated rings. The fourth-order valence-electron chi connectivity index (χ4n) is 3.12. The average Bonchev–Trinajstić information content (AvgIpc) is 3.30. The number of rotatable bonds is 7. The van der Waals surface area contributed by atoms with Gasteiger partial charge in [-0.3, -0.25) is 4.79 Å². The fourth-order valence-corrected chi connectivity index (χ4v) is 3.12. The van der Waals surface area contributed by atoms with Crippen LogP contribution in [-0.4, -0.2) is 19.8 Å². The van der Waals surface area contributed by atoms with Crippen LogP contribution >= 0.6 is 0 Å². The van der Waals surface area contributed by atoms with Gasteiger partial charge in [-0.2, -0.15) is 5.26 Å². The molecule has 7 heteroatoms. The molecular weight excluding hydrogens is 408 g/mol. The van der Waals surface area contributed by atoms with Gasteiger partial charge in [0.1, 0.15) is 18.2 Å². The van der Waals surface area contributed by atoms with Gasteiger partial charge in [0.05, 0.1) is 7.11 Å². The van der Waals surface area contributed by atoms with Crippen molar-refractivity contribution in [3.63, 3.8) is 0 Å². The van der Waals surface area contributed by atoms with Crippen LogP contribution in [0.5, 0.6) is 23.0 Å². The zero-order valence-corrected chi connectivity index (χ0v) is 17.3. The van der Waals surface area contributed by atoms with Gasteiger partial charge in [0.2, 0.25) is 6.79 Å². The van der Waals surface area contributed by atoms with Crippen LogP contribution in [-0.2, 0) is 11.4 Å². The number of hydrogen-bond acceptors (Lipinski definition) is 6. The predicted molar refractivity (Wildman–Crippen MR) is 119 cm³/mol. The van der Waals surface area contributed by atoms with Crippen molar-refractivity contribution < 1.29 is 23.7 Å². The van der Waals surface area contributed by atoms with E-state index in [0.29, 0.717) is 40.9 Å². The summed E-state index contributed by atoms with van der Waals surface area (Å²) in [6, 6.07) is 21.7. The standard InChI is InChI=1S/C25H20N2O5/c1-29-23-12-17(11-19(14-26)25(28)27-20-5-3-2-4-6-20)7-9-21(23)30-15-18-8-10-22-24(13-18)32-16-31-22/h2-13H,15-16H2,1H3,(H,27,28)/b19-11-. The lowest BCUT2D eigenvalue weighted by Crippen LogP contribution is -2.13. The first-order valence-electron chi connectivity index (χ1n) is 9.84. The van der Waals surface area contributed by atoms with Crippen LogP contribution < -0.4 is 24.3 Å². The number of hydrogen-bond donors (Lipinski definition) is 1. The van der Waals surface area contributed by atoms with Crippen LogP contribution in [0.4, 0.5) is 5.69 Å². The number of nitrogens with zero attached hydrogens (tertiary/aromatic N) is 1. The van der Waals surface area contributed by atoms with Crippen LogP contribution in [0.15, 0.2) is 72.3 Å². The highest BCUT2D eigenvalue weighted by molar-refractivity contribution is 6.09. The van der Waals surface area contributed by atoms with Crippen LogP contribution in [0.1, 0.15) is 11.1 Å². The number of benzene rings is 3. The van der Waals surface area contributed by atoms with Gasteiger partial charge in [-0.15, -0.1) is 0 Å². The molecule has 0 bridgehead atoms. The van der Waals surface area contributed by atoms with E-state index in [1.54, 1.807) is 42.5 Å². The number of para-hydroxylation sites is 1. The highest BCUT2D eigenvalue weighted by Gasteiger charge is 2.14. The molecule has 1 heterocycles. The van der Waals surface area contributed by atoms with Gasteiger partial charge in [0, 0.05) is 5.69 Å². The topological polar surface area (TPSA) is 89.8 Å². The summed E-state index contributed by atoms with van der Waals surface area (Å²) in [4.78, 5) is 12.4. The second-order valence-electron chi connectivity index (χ2n) is 6.88. The number of amides is 1. The summed E-state index contributed by atoms with van der Waals surface area (Å²) in [5.74, 6) is 1.94. The number of ether oxygens (including phenoxy) is 4. The Kier molecular flexibility index (Phi) is 6.23. The van der Waals surface area contributed by atoms with Crippen molar-refractivity contribution in [3.05, 3.63) is 83.4 Å². The molecule has 0 unspecified atom stereocenters. The Morgan fingerprint density at radius 2 is 1.88 bits per heavy atom. The number of fused-ring (bicyclic) bond motifs is 1. The Morgan fingerprint density at radius 3 is 2.66 bits per heavy atom. The summed E-state index contributed by atoms with van der Waals surface area (Å²) in [5.41, 5.74) is 2.15. The molecule has 1 N–H and O–H groups in total. The van der Waals surface area contributed by atoms with E-state index in [0.717, 1.165) is 5.56 Å². The van der Waals surface area contributed by atoms with E-state index in [2.05, 4.69) is 5.32 Å². The third-order valence-corrected chi connectivity index (χ3v) is 4.73. The molecule has 32 heavy (non-hydrogen) atoms. The SMILES string of the molecule is COc1cc(/C=C(/C#N)C(=O)Nc2ccccc2)ccc1OCc1ccc2c(c1)OCO2. The first kappa shape index (κ1) is 20.8. The number of carbonyl (C=O) groups is 1. The normalized spacial score (nSPS) is 12.1. The van der Waals surface area contributed by atoms with Gasteiger partial charge in [-0.25, -0.2) is 0 Å². The van der Waals surface area contributed by atoms with E-state index >= 15 is 0 Å². The second-order valence-corrected chi connectivity index (χ2v) is 6.88. The minimum Gasteiger partial charge on any atom is -0.493 e. The Balaban J connectivity index is 1.47. The molecule has 1 aliphatic rings. The first-order valence-corrected chi connectivity index (χ1v) is 9.84. The summed E-state index contributed by atoms with van der Waals surface area (Å²) < 4.78 is 22.0. The third-order valence-electron chi connectivity index (χ3n) is 4.73. The van der Waals surface area contributed by atoms with E-state index in [9.17, 15) is 10.1 Å². The summed E-state index contributed by atoms with van der Waals surface area (Å²) in [7, 11) is 1.53. The number of carbonyl (C=O) groups excluding carboxylic acids is 1. The molecule has 7 nitrogen and oxygen atoms in total. The minimum atomic E-state index is -0.485. The first-order chi connectivity index (χ1) is 15.7. The predicted octanol–water partition coefficient (Wildman–Crippen LogP) is 4.55. The molecule has 3 aromatic carbocycles. The maximum atomic E-state index is 12.4. The van der Waals surface area contributed by atoms with Gasteiger partial charge < -0.3 is 24.3 Å². The molecule has 1 aliphatic heterocycles. The summed E-state index contributed by atoms with van der Waals surface area (Å²) >= 11 is 0. The fraction of sp³-hybridized carbons (Fsp3) is 0.120. The van der Waals surface area contributed by atoms with E-state index in [1.807, 2.05) is 30.3 Å². The summed E-state index contributed by atoms with van der Waals surface area (Å²) in [6.07, 6.45) is 1.50. The van der Waals surface area contributed by atoms with Crippen LogP contribution in [0.2, 0.25) is 0 Å². The Labute approximate surface area is 185 Å². The molecule has 160 valence electrons. The lowest BCUT2D eigenvalue weighted by Gasteiger charge is -2.12. The van der Waals surface area contributed by atoms with Gasteiger partial charge in [0.15, 0.2) is 23.0 Å². The Hall–Kier alpha value is -4.44. The molecule has 0 saturated carbocycles. The van der Waals surface area contributed by atoms with Gasteiger partial charge in [-0.1, -0.05) is 30.3 Å². The number of methoxy groups -OCH3 is 1.